The van der Waals surface area contributed by atoms with E-state index in [1.165, 1.54) is 0 Å². The number of carbonyl (C=O) groups is 1. The van der Waals surface area contributed by atoms with Crippen molar-refractivity contribution in [2.24, 2.45) is 5.92 Å². The third-order valence-corrected chi connectivity index (χ3v) is 3.98. The maximum absolute atomic E-state index is 14.1. The van der Waals surface area contributed by atoms with E-state index in [0.717, 1.165) is 30.9 Å². The molecular weight excluding hydrogens is 272 g/mol. The fraction of sp³-hybridized carbons (Fsp3) is 0.471. The molecule has 1 aromatic rings. The van der Waals surface area contributed by atoms with Crippen LogP contribution in [0.1, 0.15) is 41.6 Å². The predicted molar refractivity (Wildman–Crippen MR) is 79.6 cm³/mol. The van der Waals surface area contributed by atoms with E-state index in [9.17, 15) is 13.6 Å². The topological polar surface area (TPSA) is 29.1 Å². The summed E-state index contributed by atoms with van der Waals surface area (Å²) in [6, 6.07) is 6.91. The average Bonchev–Trinajstić information content (AvgIpc) is 2.47. The van der Waals surface area contributed by atoms with Crippen molar-refractivity contribution in [2.45, 2.75) is 38.0 Å². The lowest BCUT2D eigenvalue weighted by atomic mass is 9.86. The van der Waals surface area contributed by atoms with E-state index >= 15 is 0 Å². The number of allylic oxidation sites excluding steroid dienone is 2. The quantitative estimate of drug-likeness (QED) is 0.839. The molecule has 0 saturated heterocycles. The molecule has 1 N–H and O–H groups in total. The number of rotatable bonds is 3. The van der Waals surface area contributed by atoms with Crippen molar-refractivity contribution in [3.63, 3.8) is 0 Å². The Hall–Kier alpha value is -1.71. The van der Waals surface area contributed by atoms with Crippen LogP contribution in [-0.4, -0.2) is 18.9 Å². The molecule has 0 fully saturated rings. The molecule has 0 saturated carbocycles. The second-order valence-electron chi connectivity index (χ2n) is 5.54. The van der Waals surface area contributed by atoms with Crippen molar-refractivity contribution in [3.05, 3.63) is 47.5 Å². The number of amides is 1. The SMILES string of the molecule is CNC(=O)c1ccc(CC2CCCCC=CC2(F)F)cc1. The number of halogens is 2. The third kappa shape index (κ3) is 4.13. The molecular formula is C17H21F2NO. The van der Waals surface area contributed by atoms with Crippen molar-refractivity contribution in [1.29, 1.82) is 0 Å². The highest BCUT2D eigenvalue weighted by Gasteiger charge is 2.36. The van der Waals surface area contributed by atoms with Gasteiger partial charge in [-0.05, 0) is 49.5 Å². The van der Waals surface area contributed by atoms with Gasteiger partial charge in [-0.2, -0.15) is 0 Å². The highest BCUT2D eigenvalue weighted by molar-refractivity contribution is 5.93. The van der Waals surface area contributed by atoms with Crippen molar-refractivity contribution in [2.75, 3.05) is 7.05 Å². The number of hydrogen-bond donors (Lipinski definition) is 1. The Bertz CT molecular complexity index is 508. The summed E-state index contributed by atoms with van der Waals surface area (Å²) in [5.74, 6) is -3.58. The van der Waals surface area contributed by atoms with Crippen LogP contribution in [0.25, 0.3) is 0 Å². The lowest BCUT2D eigenvalue weighted by Gasteiger charge is -2.26. The van der Waals surface area contributed by atoms with Crippen molar-refractivity contribution < 1.29 is 13.6 Å². The molecule has 0 aliphatic heterocycles. The van der Waals surface area contributed by atoms with Gasteiger partial charge >= 0.3 is 0 Å². The van der Waals surface area contributed by atoms with E-state index < -0.39 is 11.8 Å². The second kappa shape index (κ2) is 6.83. The maximum atomic E-state index is 14.1. The molecule has 21 heavy (non-hydrogen) atoms. The molecule has 1 amide bonds. The average molecular weight is 293 g/mol. The molecule has 2 rings (SSSR count). The van der Waals surface area contributed by atoms with Gasteiger partial charge in [0.05, 0.1) is 0 Å². The Balaban J connectivity index is 2.10. The Morgan fingerprint density at radius 2 is 2.00 bits per heavy atom. The third-order valence-electron chi connectivity index (χ3n) is 3.98. The number of alkyl halides is 2. The Morgan fingerprint density at radius 3 is 2.67 bits per heavy atom. The first-order chi connectivity index (χ1) is 10.0. The summed E-state index contributed by atoms with van der Waals surface area (Å²) in [5, 5.41) is 2.54. The van der Waals surface area contributed by atoms with Crippen LogP contribution < -0.4 is 5.32 Å². The van der Waals surface area contributed by atoms with Gasteiger partial charge in [0, 0.05) is 18.5 Å². The van der Waals surface area contributed by atoms with E-state index in [0.29, 0.717) is 18.4 Å². The molecule has 1 aliphatic rings. The first-order valence-electron chi connectivity index (χ1n) is 7.39. The highest BCUT2D eigenvalue weighted by Crippen LogP contribution is 2.35. The highest BCUT2D eigenvalue weighted by atomic mass is 19.3. The van der Waals surface area contributed by atoms with Crippen LogP contribution in [-0.2, 0) is 6.42 Å². The van der Waals surface area contributed by atoms with Crippen LogP contribution in [0, 0.1) is 5.92 Å². The minimum atomic E-state index is -2.75. The van der Waals surface area contributed by atoms with Crippen molar-refractivity contribution in [1.82, 2.24) is 5.32 Å². The van der Waals surface area contributed by atoms with E-state index in [1.807, 2.05) is 0 Å². The van der Waals surface area contributed by atoms with Crippen LogP contribution in [0.4, 0.5) is 8.78 Å². The fourth-order valence-corrected chi connectivity index (χ4v) is 2.68. The maximum Gasteiger partial charge on any atom is 0.269 e. The largest absolute Gasteiger partial charge is 0.355 e. The van der Waals surface area contributed by atoms with E-state index in [2.05, 4.69) is 5.32 Å². The number of benzene rings is 1. The molecule has 4 heteroatoms. The van der Waals surface area contributed by atoms with E-state index in [-0.39, 0.29) is 5.91 Å². The Morgan fingerprint density at radius 1 is 1.29 bits per heavy atom. The first-order valence-corrected chi connectivity index (χ1v) is 7.39. The van der Waals surface area contributed by atoms with Gasteiger partial charge in [0.2, 0.25) is 0 Å². The monoisotopic (exact) mass is 293 g/mol. The summed E-state index contributed by atoms with van der Waals surface area (Å²) < 4.78 is 28.2. The number of nitrogens with one attached hydrogen (secondary N) is 1. The normalized spacial score (nSPS) is 21.4. The van der Waals surface area contributed by atoms with Crippen molar-refractivity contribution >= 4 is 5.91 Å². The van der Waals surface area contributed by atoms with Gasteiger partial charge in [0.25, 0.3) is 11.8 Å². The molecule has 2 nitrogen and oxygen atoms in total. The molecule has 0 spiro atoms. The van der Waals surface area contributed by atoms with Gasteiger partial charge in [-0.15, -0.1) is 0 Å². The molecule has 1 atom stereocenters. The molecule has 0 radical (unpaired) electrons. The summed E-state index contributed by atoms with van der Waals surface area (Å²) in [4.78, 5) is 11.5. The predicted octanol–water partition coefficient (Wildman–Crippen LogP) is 3.97. The van der Waals surface area contributed by atoms with Crippen LogP contribution >= 0.6 is 0 Å². The minimum Gasteiger partial charge on any atom is -0.355 e. The van der Waals surface area contributed by atoms with Crippen LogP contribution in [0.3, 0.4) is 0 Å². The summed E-state index contributed by atoms with van der Waals surface area (Å²) in [5.41, 5.74) is 1.40. The smallest absolute Gasteiger partial charge is 0.269 e. The molecule has 1 aromatic carbocycles. The number of hydrogen-bond acceptors (Lipinski definition) is 1. The van der Waals surface area contributed by atoms with Gasteiger partial charge in [-0.1, -0.05) is 24.6 Å². The molecule has 1 unspecified atom stereocenters. The molecule has 0 aromatic heterocycles. The van der Waals surface area contributed by atoms with Crippen molar-refractivity contribution in [3.8, 4) is 0 Å². The number of carbonyl (C=O) groups excluding carboxylic acids is 1. The zero-order valence-electron chi connectivity index (χ0n) is 12.2. The molecule has 1 aliphatic carbocycles. The molecule has 0 heterocycles. The fourth-order valence-electron chi connectivity index (χ4n) is 2.68. The summed E-state index contributed by atoms with van der Waals surface area (Å²) in [6.07, 6.45) is 6.08. The standard InChI is InChI=1S/C17H21F2NO/c1-20-16(21)14-9-7-13(8-10-14)12-15-6-4-2-3-5-11-17(15,18)19/h5,7-11,15H,2-4,6,12H2,1H3,(H,20,21). The Kier molecular flexibility index (Phi) is 5.10. The zero-order chi connectivity index (χ0) is 15.3. The lowest BCUT2D eigenvalue weighted by molar-refractivity contribution is -0.0151. The minimum absolute atomic E-state index is 0.166. The van der Waals surface area contributed by atoms with Gasteiger partial charge in [0.1, 0.15) is 0 Å². The van der Waals surface area contributed by atoms with Gasteiger partial charge in [-0.25, -0.2) is 8.78 Å². The second-order valence-corrected chi connectivity index (χ2v) is 5.54. The molecule has 114 valence electrons. The van der Waals surface area contributed by atoms with Gasteiger partial charge in [0.15, 0.2) is 0 Å². The van der Waals surface area contributed by atoms with Gasteiger partial charge in [-0.3, -0.25) is 4.79 Å². The summed E-state index contributed by atoms with van der Waals surface area (Å²) >= 11 is 0. The van der Waals surface area contributed by atoms with Crippen LogP contribution in [0.15, 0.2) is 36.4 Å². The Labute approximate surface area is 124 Å². The van der Waals surface area contributed by atoms with E-state index in [4.69, 9.17) is 0 Å². The van der Waals surface area contributed by atoms with Crippen LogP contribution in [0.5, 0.6) is 0 Å². The lowest BCUT2D eigenvalue weighted by Crippen LogP contribution is -2.28. The van der Waals surface area contributed by atoms with Gasteiger partial charge < -0.3 is 5.32 Å². The molecule has 0 bridgehead atoms. The van der Waals surface area contributed by atoms with Crippen LogP contribution in [0.2, 0.25) is 0 Å². The summed E-state index contributed by atoms with van der Waals surface area (Å²) in [6.45, 7) is 0. The first kappa shape index (κ1) is 15.7. The zero-order valence-corrected chi connectivity index (χ0v) is 12.2. The summed E-state index contributed by atoms with van der Waals surface area (Å²) in [7, 11) is 1.57. The van der Waals surface area contributed by atoms with E-state index in [1.54, 1.807) is 37.4 Å².